The van der Waals surface area contributed by atoms with Crippen LogP contribution in [0.3, 0.4) is 0 Å². The van der Waals surface area contributed by atoms with Crippen LogP contribution in [0, 0.1) is 0 Å². The van der Waals surface area contributed by atoms with E-state index in [0.717, 1.165) is 38.5 Å². The van der Waals surface area contributed by atoms with Gasteiger partial charge in [-0.25, -0.2) is 18.7 Å². The fraction of sp³-hybridized carbons (Fsp3) is 0.476. The van der Waals surface area contributed by atoms with Gasteiger partial charge in [-0.05, 0) is 13.0 Å². The number of hydrogen-bond donors (Lipinski definition) is 2. The van der Waals surface area contributed by atoms with E-state index in [1.165, 1.54) is 0 Å². The van der Waals surface area contributed by atoms with Gasteiger partial charge >= 0.3 is 0 Å². The van der Waals surface area contributed by atoms with Gasteiger partial charge in [-0.15, -0.1) is 0 Å². The predicted molar refractivity (Wildman–Crippen MR) is 115 cm³/mol. The number of H-pyrrole nitrogens is 1. The Hall–Kier alpha value is -2.85. The maximum Gasteiger partial charge on any atom is 0.295 e. The predicted octanol–water partition coefficient (Wildman–Crippen LogP) is 2.59. The largest absolute Gasteiger partial charge is 0.377 e. The van der Waals surface area contributed by atoms with Gasteiger partial charge in [0.05, 0.1) is 36.0 Å². The molecule has 0 aliphatic carbocycles. The Kier molecular flexibility index (Phi) is 5.41. The van der Waals surface area contributed by atoms with Crippen LogP contribution in [0.15, 0.2) is 24.3 Å². The van der Waals surface area contributed by atoms with Gasteiger partial charge in [0.1, 0.15) is 5.82 Å². The normalized spacial score (nSPS) is 20.1. The van der Waals surface area contributed by atoms with E-state index in [0.29, 0.717) is 41.5 Å². The molecule has 3 aromatic rings. The van der Waals surface area contributed by atoms with Gasteiger partial charge in [-0.1, -0.05) is 12.1 Å². The average molecular weight is 429 g/mol. The minimum absolute atomic E-state index is 0.180. The molecule has 2 saturated heterocycles. The smallest absolute Gasteiger partial charge is 0.295 e. The molecule has 0 amide bonds. The second-order valence-electron chi connectivity index (χ2n) is 7.89. The Bertz CT molecular complexity index is 1070. The van der Waals surface area contributed by atoms with Gasteiger partial charge in [0.25, 0.3) is 6.43 Å². The molecule has 4 heterocycles. The Morgan fingerprint density at radius 1 is 1.13 bits per heavy atom. The van der Waals surface area contributed by atoms with Crippen molar-refractivity contribution in [1.29, 1.82) is 0 Å². The highest BCUT2D eigenvalue weighted by atomic mass is 19.3. The van der Waals surface area contributed by atoms with E-state index in [-0.39, 0.29) is 11.9 Å². The van der Waals surface area contributed by atoms with Crippen molar-refractivity contribution >= 4 is 22.8 Å². The molecule has 8 nitrogen and oxygen atoms in total. The lowest BCUT2D eigenvalue weighted by molar-refractivity contribution is 0.0985. The summed E-state index contributed by atoms with van der Waals surface area (Å²) in [7, 11) is 0. The molecule has 5 rings (SSSR count). The zero-order valence-corrected chi connectivity index (χ0v) is 17.3. The van der Waals surface area contributed by atoms with Gasteiger partial charge in [0.15, 0.2) is 5.82 Å². The van der Waals surface area contributed by atoms with Crippen molar-refractivity contribution in [2.45, 2.75) is 19.4 Å². The summed E-state index contributed by atoms with van der Waals surface area (Å²) in [6.07, 6.45) is -2.66. The lowest BCUT2D eigenvalue weighted by atomic mass is 10.1. The first-order valence-corrected chi connectivity index (χ1v) is 10.6. The molecule has 0 saturated carbocycles. The summed E-state index contributed by atoms with van der Waals surface area (Å²) >= 11 is 0. The van der Waals surface area contributed by atoms with Crippen LogP contribution in [0.2, 0.25) is 0 Å². The first-order valence-electron chi connectivity index (χ1n) is 10.6. The van der Waals surface area contributed by atoms with Crippen molar-refractivity contribution in [3.8, 4) is 11.3 Å². The first kappa shape index (κ1) is 20.1. The number of imidazole rings is 1. The molecule has 2 aromatic heterocycles. The molecule has 0 unspecified atom stereocenters. The van der Waals surface area contributed by atoms with Gasteiger partial charge in [-0.2, -0.15) is 4.98 Å². The number of alkyl halides is 2. The van der Waals surface area contributed by atoms with Crippen molar-refractivity contribution in [1.82, 2.24) is 25.3 Å². The minimum atomic E-state index is -2.66. The van der Waals surface area contributed by atoms with E-state index in [9.17, 15) is 8.78 Å². The van der Waals surface area contributed by atoms with Crippen LogP contribution in [-0.2, 0) is 4.74 Å². The quantitative estimate of drug-likeness (QED) is 0.660. The van der Waals surface area contributed by atoms with Crippen LogP contribution in [0.4, 0.5) is 20.5 Å². The zero-order valence-electron chi connectivity index (χ0n) is 17.3. The standard InChI is InChI=1S/C21H25F2N7O/c1-13-12-31-10-9-30(13)17-11-16(26-21(27-17)29-7-5-24-6-8-29)14-3-2-4-15-18(14)28-20(25-15)19(22)23/h2-4,11,13,19,24H,5-10,12H2,1H3,(H,25,28)/t13-/m0/s1. The summed E-state index contributed by atoms with van der Waals surface area (Å²) in [5, 5.41) is 3.34. The molecule has 31 heavy (non-hydrogen) atoms. The second-order valence-corrected chi connectivity index (χ2v) is 7.89. The second kappa shape index (κ2) is 8.35. The van der Waals surface area contributed by atoms with Crippen molar-refractivity contribution in [2.24, 2.45) is 0 Å². The summed E-state index contributed by atoms with van der Waals surface area (Å²) in [6, 6.07) is 7.56. The molecule has 0 radical (unpaired) electrons. The Labute approximate surface area is 178 Å². The maximum atomic E-state index is 13.2. The van der Waals surface area contributed by atoms with Crippen molar-refractivity contribution < 1.29 is 13.5 Å². The summed E-state index contributed by atoms with van der Waals surface area (Å²) in [5.41, 5.74) is 2.44. The summed E-state index contributed by atoms with van der Waals surface area (Å²) in [6.45, 7) is 7.46. The summed E-state index contributed by atoms with van der Waals surface area (Å²) in [5.74, 6) is 1.13. The number of ether oxygens (including phenoxy) is 1. The Morgan fingerprint density at radius 2 is 1.97 bits per heavy atom. The third kappa shape index (κ3) is 3.92. The maximum absolute atomic E-state index is 13.2. The number of morpholine rings is 1. The highest BCUT2D eigenvalue weighted by molar-refractivity contribution is 5.91. The number of hydrogen-bond acceptors (Lipinski definition) is 7. The number of nitrogens with zero attached hydrogens (tertiary/aromatic N) is 5. The fourth-order valence-corrected chi connectivity index (χ4v) is 4.14. The van der Waals surface area contributed by atoms with Crippen molar-refractivity contribution in [3.63, 3.8) is 0 Å². The van der Waals surface area contributed by atoms with Crippen molar-refractivity contribution in [3.05, 3.63) is 30.1 Å². The van der Waals surface area contributed by atoms with Gasteiger partial charge in [0, 0.05) is 44.4 Å². The third-order valence-electron chi connectivity index (χ3n) is 5.78. The van der Waals surface area contributed by atoms with Gasteiger partial charge in [-0.3, -0.25) is 0 Å². The number of aromatic nitrogens is 4. The topological polar surface area (TPSA) is 82.2 Å². The lowest BCUT2D eigenvalue weighted by Crippen LogP contribution is -2.46. The highest BCUT2D eigenvalue weighted by Gasteiger charge is 2.24. The van der Waals surface area contributed by atoms with Crippen molar-refractivity contribution in [2.75, 3.05) is 55.7 Å². The minimum Gasteiger partial charge on any atom is -0.377 e. The van der Waals surface area contributed by atoms with Crippen LogP contribution in [0.5, 0.6) is 0 Å². The number of rotatable bonds is 4. The number of halogens is 2. The molecule has 10 heteroatoms. The van der Waals surface area contributed by atoms with E-state index < -0.39 is 6.43 Å². The van der Waals surface area contributed by atoms with Gasteiger partial charge < -0.3 is 24.8 Å². The molecular weight excluding hydrogens is 404 g/mol. The molecular formula is C21H25F2N7O. The van der Waals surface area contributed by atoms with E-state index >= 15 is 0 Å². The SMILES string of the molecule is C[C@H]1COCCN1c1cc(-c2cccc3[nH]c(C(F)F)nc23)nc(N2CCNCC2)n1. The molecule has 2 aliphatic rings. The van der Waals surface area contributed by atoms with Gasteiger partial charge in [0.2, 0.25) is 5.95 Å². The van der Waals surface area contributed by atoms with E-state index in [1.807, 2.05) is 18.2 Å². The monoisotopic (exact) mass is 429 g/mol. The molecule has 2 N–H and O–H groups in total. The Balaban J connectivity index is 1.63. The average Bonchev–Trinajstić information content (AvgIpc) is 3.25. The lowest BCUT2D eigenvalue weighted by Gasteiger charge is -2.35. The highest BCUT2D eigenvalue weighted by Crippen LogP contribution is 2.32. The molecule has 1 aromatic carbocycles. The first-order chi connectivity index (χ1) is 15.1. The van der Waals surface area contributed by atoms with Crippen LogP contribution in [-0.4, -0.2) is 71.9 Å². The molecule has 2 aliphatic heterocycles. The summed E-state index contributed by atoms with van der Waals surface area (Å²) < 4.78 is 32.1. The zero-order chi connectivity index (χ0) is 21.4. The number of para-hydroxylation sites is 1. The number of anilines is 2. The molecule has 0 bridgehead atoms. The molecule has 0 spiro atoms. The van der Waals surface area contributed by atoms with Crippen LogP contribution >= 0.6 is 0 Å². The number of benzene rings is 1. The molecule has 164 valence electrons. The van der Waals surface area contributed by atoms with Crippen LogP contribution in [0.1, 0.15) is 19.2 Å². The van der Waals surface area contributed by atoms with Crippen LogP contribution in [0.25, 0.3) is 22.3 Å². The molecule has 2 fully saturated rings. The van der Waals surface area contributed by atoms with E-state index in [2.05, 4.69) is 32.0 Å². The number of fused-ring (bicyclic) bond motifs is 1. The van der Waals surface area contributed by atoms with E-state index in [4.69, 9.17) is 14.7 Å². The van der Waals surface area contributed by atoms with Crippen LogP contribution < -0.4 is 15.1 Å². The molecule has 1 atom stereocenters. The number of nitrogens with one attached hydrogen (secondary N) is 2. The third-order valence-corrected chi connectivity index (χ3v) is 5.78. The number of piperazine rings is 1. The number of aromatic amines is 1. The summed E-state index contributed by atoms with van der Waals surface area (Å²) in [4.78, 5) is 21.0. The fourth-order valence-electron chi connectivity index (χ4n) is 4.14. The Morgan fingerprint density at radius 3 is 2.74 bits per heavy atom. The van der Waals surface area contributed by atoms with E-state index in [1.54, 1.807) is 6.07 Å².